The monoisotopic (exact) mass is 339 g/mol. The van der Waals surface area contributed by atoms with Gasteiger partial charge in [-0.25, -0.2) is 13.4 Å². The van der Waals surface area contributed by atoms with Crippen molar-refractivity contribution in [3.63, 3.8) is 0 Å². The molecule has 0 bridgehead atoms. The molecule has 9 heteroatoms. The quantitative estimate of drug-likeness (QED) is 0.863. The average Bonchev–Trinajstić information content (AvgIpc) is 2.36. The first-order valence-electron chi connectivity index (χ1n) is 5.93. The first-order valence-corrected chi connectivity index (χ1v) is 8.17. The smallest absolute Gasteiger partial charge is 0.257 e. The Morgan fingerprint density at radius 2 is 1.80 bits per heavy atom. The summed E-state index contributed by atoms with van der Waals surface area (Å²) in [6.07, 6.45) is 0. The fourth-order valence-corrected chi connectivity index (χ4v) is 3.75. The second-order valence-corrected chi connectivity index (χ2v) is 7.09. The molecule has 0 unspecified atom stereocenters. The second kappa shape index (κ2) is 6.05. The molecule has 0 aromatic heterocycles. The van der Waals surface area contributed by atoms with Crippen LogP contribution in [0.15, 0.2) is 17.0 Å². The number of hydrogen-bond acceptors (Lipinski definition) is 5. The highest BCUT2D eigenvalue weighted by Gasteiger charge is 2.25. The topological polar surface area (TPSA) is 72.9 Å². The van der Waals surface area contributed by atoms with Crippen molar-refractivity contribution in [2.45, 2.75) is 4.90 Å². The number of nitrogens with zero attached hydrogens (tertiary/aromatic N) is 2. The molecule has 0 saturated carbocycles. The van der Waals surface area contributed by atoms with Crippen LogP contribution in [0.1, 0.15) is 0 Å². The molecule has 1 heterocycles. The second-order valence-electron chi connectivity index (χ2n) is 4.62. The van der Waals surface area contributed by atoms with E-state index in [0.29, 0.717) is 13.1 Å². The van der Waals surface area contributed by atoms with Gasteiger partial charge < -0.3 is 10.0 Å². The Morgan fingerprint density at radius 3 is 2.40 bits per heavy atom. The number of hydrazine groups is 1. The van der Waals surface area contributed by atoms with Crippen LogP contribution in [0.25, 0.3) is 0 Å². The molecule has 0 aliphatic carbocycles. The van der Waals surface area contributed by atoms with Crippen LogP contribution >= 0.6 is 23.2 Å². The van der Waals surface area contributed by atoms with E-state index in [9.17, 15) is 13.5 Å². The van der Waals surface area contributed by atoms with Crippen LogP contribution in [0.4, 0.5) is 0 Å². The highest BCUT2D eigenvalue weighted by molar-refractivity contribution is 7.89. The number of hydrogen-bond donors (Lipinski definition) is 2. The predicted molar refractivity (Wildman–Crippen MR) is 77.5 cm³/mol. The molecule has 1 aliphatic rings. The normalized spacial score (nSPS) is 18.4. The first-order chi connectivity index (χ1) is 9.29. The third-order valence-electron chi connectivity index (χ3n) is 3.04. The standard InChI is InChI=1S/C11H15Cl2N3O3S/c1-15-2-4-16(5-3-15)14-20(18,19)10-7-8(12)6-9(13)11(10)17/h6-7,14,17H,2-5H2,1H3. The maximum atomic E-state index is 12.3. The van der Waals surface area contributed by atoms with Crippen molar-refractivity contribution in [1.29, 1.82) is 0 Å². The van der Waals surface area contributed by atoms with Gasteiger partial charge >= 0.3 is 0 Å². The van der Waals surface area contributed by atoms with Gasteiger partial charge in [0.25, 0.3) is 10.0 Å². The molecule has 2 rings (SSSR count). The van der Waals surface area contributed by atoms with Crippen molar-refractivity contribution in [2.24, 2.45) is 0 Å². The Labute approximate surface area is 127 Å². The SMILES string of the molecule is CN1CCN(NS(=O)(=O)c2cc(Cl)cc(Cl)c2O)CC1. The minimum atomic E-state index is -3.91. The van der Waals surface area contributed by atoms with Gasteiger partial charge in [0.2, 0.25) is 0 Å². The molecule has 1 fully saturated rings. The predicted octanol–water partition coefficient (Wildman–Crippen LogP) is 1.14. The number of nitrogens with one attached hydrogen (secondary N) is 1. The van der Waals surface area contributed by atoms with Gasteiger partial charge in [0.05, 0.1) is 5.02 Å². The Balaban J connectivity index is 2.23. The summed E-state index contributed by atoms with van der Waals surface area (Å²) in [4.78, 5) is 4.20. The number of piperazine rings is 1. The van der Waals surface area contributed by atoms with E-state index < -0.39 is 15.8 Å². The number of phenols is 1. The van der Waals surface area contributed by atoms with E-state index in [1.807, 2.05) is 7.05 Å². The van der Waals surface area contributed by atoms with Crippen LogP contribution in [-0.4, -0.2) is 56.7 Å². The highest BCUT2D eigenvalue weighted by atomic mass is 35.5. The minimum absolute atomic E-state index is 0.101. The van der Waals surface area contributed by atoms with Crippen molar-refractivity contribution in [2.75, 3.05) is 33.2 Å². The van der Waals surface area contributed by atoms with Gasteiger partial charge in [-0.2, -0.15) is 0 Å². The molecule has 2 N–H and O–H groups in total. The Hall–Kier alpha value is -0.570. The number of rotatable bonds is 3. The number of likely N-dealkylation sites (N-methyl/N-ethyl adjacent to an activating group) is 1. The average molecular weight is 340 g/mol. The number of phenolic OH excluding ortho intramolecular Hbond substituents is 1. The third kappa shape index (κ3) is 3.55. The van der Waals surface area contributed by atoms with Gasteiger partial charge in [0, 0.05) is 31.2 Å². The highest BCUT2D eigenvalue weighted by Crippen LogP contribution is 2.34. The molecule has 20 heavy (non-hydrogen) atoms. The summed E-state index contributed by atoms with van der Waals surface area (Å²) in [6.45, 7) is 2.63. The maximum Gasteiger partial charge on any atom is 0.257 e. The number of sulfonamides is 1. The molecule has 1 saturated heterocycles. The van der Waals surface area contributed by atoms with E-state index in [-0.39, 0.29) is 14.9 Å². The Kier molecular flexibility index (Phi) is 4.78. The van der Waals surface area contributed by atoms with Crippen LogP contribution < -0.4 is 4.83 Å². The molecule has 0 atom stereocenters. The van der Waals surface area contributed by atoms with Crippen LogP contribution in [-0.2, 0) is 10.0 Å². The molecular formula is C11H15Cl2N3O3S. The van der Waals surface area contributed by atoms with E-state index in [4.69, 9.17) is 23.2 Å². The summed E-state index contributed by atoms with van der Waals surface area (Å²) in [6, 6.07) is 2.45. The van der Waals surface area contributed by atoms with Gasteiger partial charge in [-0.1, -0.05) is 23.2 Å². The zero-order valence-corrected chi connectivity index (χ0v) is 13.1. The lowest BCUT2D eigenvalue weighted by molar-refractivity contribution is 0.134. The summed E-state index contributed by atoms with van der Waals surface area (Å²) in [5.41, 5.74) is 0. The van der Waals surface area contributed by atoms with Crippen molar-refractivity contribution in [1.82, 2.24) is 14.7 Å². The molecule has 0 amide bonds. The van der Waals surface area contributed by atoms with Gasteiger partial charge in [-0.15, -0.1) is 4.83 Å². The molecular weight excluding hydrogens is 325 g/mol. The lowest BCUT2D eigenvalue weighted by Gasteiger charge is -2.32. The van der Waals surface area contributed by atoms with Crippen LogP contribution in [0.3, 0.4) is 0 Å². The van der Waals surface area contributed by atoms with Gasteiger partial charge in [0.1, 0.15) is 4.90 Å². The summed E-state index contributed by atoms with van der Waals surface area (Å²) in [5.74, 6) is -0.502. The van der Waals surface area contributed by atoms with Crippen LogP contribution in [0.5, 0.6) is 5.75 Å². The van der Waals surface area contributed by atoms with Crippen LogP contribution in [0, 0.1) is 0 Å². The summed E-state index contributed by atoms with van der Waals surface area (Å²) in [5, 5.41) is 11.4. The summed E-state index contributed by atoms with van der Waals surface area (Å²) >= 11 is 11.5. The lowest BCUT2D eigenvalue weighted by Crippen LogP contribution is -2.52. The zero-order valence-electron chi connectivity index (χ0n) is 10.8. The largest absolute Gasteiger partial charge is 0.505 e. The molecule has 1 aliphatic heterocycles. The third-order valence-corrected chi connectivity index (χ3v) is 4.93. The van der Waals surface area contributed by atoms with Gasteiger partial charge in [0.15, 0.2) is 5.75 Å². The van der Waals surface area contributed by atoms with Crippen LogP contribution in [0.2, 0.25) is 10.0 Å². The van der Waals surface area contributed by atoms with Crippen molar-refractivity contribution >= 4 is 33.2 Å². The molecule has 0 radical (unpaired) electrons. The fraction of sp³-hybridized carbons (Fsp3) is 0.455. The molecule has 0 spiro atoms. The summed E-state index contributed by atoms with van der Waals surface area (Å²) in [7, 11) is -1.95. The number of aromatic hydroxyl groups is 1. The zero-order chi connectivity index (χ0) is 14.9. The summed E-state index contributed by atoms with van der Waals surface area (Å²) < 4.78 is 24.5. The van der Waals surface area contributed by atoms with E-state index >= 15 is 0 Å². The van der Waals surface area contributed by atoms with E-state index in [1.54, 1.807) is 5.01 Å². The molecule has 112 valence electrons. The molecule has 6 nitrogen and oxygen atoms in total. The number of benzene rings is 1. The first kappa shape index (κ1) is 15.8. The van der Waals surface area contributed by atoms with Gasteiger partial charge in [-0.05, 0) is 19.2 Å². The van der Waals surface area contributed by atoms with Crippen molar-refractivity contribution in [3.05, 3.63) is 22.2 Å². The van der Waals surface area contributed by atoms with E-state index in [0.717, 1.165) is 13.1 Å². The molecule has 1 aromatic carbocycles. The minimum Gasteiger partial charge on any atom is -0.505 e. The Bertz CT molecular complexity index is 601. The fourth-order valence-electron chi connectivity index (χ4n) is 1.86. The van der Waals surface area contributed by atoms with Crippen molar-refractivity contribution < 1.29 is 13.5 Å². The maximum absolute atomic E-state index is 12.3. The number of halogens is 2. The van der Waals surface area contributed by atoms with E-state index in [1.165, 1.54) is 12.1 Å². The van der Waals surface area contributed by atoms with E-state index in [2.05, 4.69) is 9.73 Å². The van der Waals surface area contributed by atoms with Crippen molar-refractivity contribution in [3.8, 4) is 5.75 Å². The van der Waals surface area contributed by atoms with Gasteiger partial charge in [-0.3, -0.25) is 0 Å². The Morgan fingerprint density at radius 1 is 1.20 bits per heavy atom. The lowest BCUT2D eigenvalue weighted by atomic mass is 10.3. The molecule has 1 aromatic rings.